The van der Waals surface area contributed by atoms with Gasteiger partial charge in [-0.3, -0.25) is 4.79 Å². The molecule has 2 aromatic rings. The van der Waals surface area contributed by atoms with Gasteiger partial charge in [0.15, 0.2) is 11.6 Å². The molecule has 2 aromatic carbocycles. The summed E-state index contributed by atoms with van der Waals surface area (Å²) < 4.78 is 29.7. The van der Waals surface area contributed by atoms with Gasteiger partial charge in [0.1, 0.15) is 0 Å². The average Bonchev–Trinajstić information content (AvgIpc) is 2.70. The Kier molecular flexibility index (Phi) is 5.96. The molecule has 148 valence electrons. The third-order valence-corrected chi connectivity index (χ3v) is 6.14. The first-order valence-corrected chi connectivity index (χ1v) is 10.7. The largest absolute Gasteiger partial charge is 0.288 e. The number of amidine groups is 1. The summed E-state index contributed by atoms with van der Waals surface area (Å²) in [7, 11) is -3.99. The molecule has 3 rings (SSSR count). The second kappa shape index (κ2) is 8.27. The van der Waals surface area contributed by atoms with Gasteiger partial charge in [-0.25, -0.2) is 4.99 Å². The normalized spacial score (nSPS) is 17.0. The number of halogens is 1. The Morgan fingerprint density at radius 2 is 1.55 bits per heavy atom. The maximum Gasteiger partial charge on any atom is 0.284 e. The van der Waals surface area contributed by atoms with Crippen LogP contribution in [-0.4, -0.2) is 25.7 Å². The maximum atomic E-state index is 12.9. The van der Waals surface area contributed by atoms with Gasteiger partial charge < -0.3 is 0 Å². The molecule has 0 amide bonds. The second-order valence-electron chi connectivity index (χ2n) is 6.66. The van der Waals surface area contributed by atoms with E-state index in [2.05, 4.69) is 9.39 Å². The third kappa shape index (κ3) is 4.60. The molecule has 0 radical (unpaired) electrons. The van der Waals surface area contributed by atoms with Crippen molar-refractivity contribution in [1.82, 2.24) is 0 Å². The molecule has 0 saturated heterocycles. The van der Waals surface area contributed by atoms with E-state index in [4.69, 9.17) is 11.6 Å². The number of Topliss-reactive ketones (excluding diaryl/α,β-unsaturated/α-hetero) is 1. The molecule has 1 aliphatic carbocycles. The van der Waals surface area contributed by atoms with Crippen LogP contribution in [0.5, 0.6) is 0 Å². The highest BCUT2D eigenvalue weighted by Crippen LogP contribution is 2.23. The minimum Gasteiger partial charge on any atom is -0.288 e. The van der Waals surface area contributed by atoms with Gasteiger partial charge in [-0.15, -0.1) is 4.40 Å². The Bertz CT molecular complexity index is 1190. The Labute approximate surface area is 175 Å². The predicted octanol–water partition coefficient (Wildman–Crippen LogP) is 4.61. The molecule has 1 aliphatic rings. The minimum atomic E-state index is -3.99. The number of hydrogen-bond acceptors (Lipinski definition) is 3. The van der Waals surface area contributed by atoms with Crippen molar-refractivity contribution in [3.05, 3.63) is 88.0 Å². The molecule has 0 fully saturated rings. The SMILES string of the molecule is CC1=CC(=NC(=NS(=O)(=O)c2ccc(C)cc2)c2ccccc2)C(C)=C(Cl)C1=O. The van der Waals surface area contributed by atoms with Crippen molar-refractivity contribution >= 4 is 39.0 Å². The molecule has 0 aliphatic heterocycles. The Balaban J connectivity index is 2.18. The van der Waals surface area contributed by atoms with E-state index in [1.165, 1.54) is 12.1 Å². The maximum absolute atomic E-state index is 12.9. The highest BCUT2D eigenvalue weighted by molar-refractivity contribution is 7.90. The van der Waals surface area contributed by atoms with Crippen LogP contribution >= 0.6 is 11.6 Å². The molecule has 0 bridgehead atoms. The quantitative estimate of drug-likeness (QED) is 0.408. The van der Waals surface area contributed by atoms with Crippen LogP contribution in [0.2, 0.25) is 0 Å². The van der Waals surface area contributed by atoms with E-state index in [-0.39, 0.29) is 21.5 Å². The van der Waals surface area contributed by atoms with Crippen molar-refractivity contribution < 1.29 is 13.2 Å². The lowest BCUT2D eigenvalue weighted by Gasteiger charge is -2.13. The smallest absolute Gasteiger partial charge is 0.284 e. The highest BCUT2D eigenvalue weighted by atomic mass is 35.5. The molecule has 29 heavy (non-hydrogen) atoms. The van der Waals surface area contributed by atoms with Gasteiger partial charge in [-0.05, 0) is 44.6 Å². The van der Waals surface area contributed by atoms with Crippen LogP contribution in [0.15, 0.2) is 91.1 Å². The topological polar surface area (TPSA) is 75.9 Å². The van der Waals surface area contributed by atoms with E-state index in [0.717, 1.165) is 5.56 Å². The van der Waals surface area contributed by atoms with Crippen LogP contribution in [0.4, 0.5) is 0 Å². The fourth-order valence-corrected chi connectivity index (χ4v) is 3.87. The number of ketones is 1. The molecule has 0 heterocycles. The summed E-state index contributed by atoms with van der Waals surface area (Å²) in [5.41, 5.74) is 2.77. The summed E-state index contributed by atoms with van der Waals surface area (Å²) in [5, 5.41) is 0.0672. The predicted molar refractivity (Wildman–Crippen MR) is 116 cm³/mol. The molecule has 0 saturated carbocycles. The number of benzene rings is 2. The van der Waals surface area contributed by atoms with Crippen LogP contribution < -0.4 is 0 Å². The molecule has 7 heteroatoms. The van der Waals surface area contributed by atoms with E-state index < -0.39 is 10.0 Å². The zero-order valence-corrected chi connectivity index (χ0v) is 17.8. The van der Waals surface area contributed by atoms with Crippen LogP contribution in [0, 0.1) is 6.92 Å². The first-order valence-electron chi connectivity index (χ1n) is 8.84. The van der Waals surface area contributed by atoms with Crippen molar-refractivity contribution in [3.63, 3.8) is 0 Å². The van der Waals surface area contributed by atoms with Gasteiger partial charge in [-0.1, -0.05) is 59.6 Å². The zero-order valence-electron chi connectivity index (χ0n) is 16.2. The zero-order chi connectivity index (χ0) is 21.2. The van der Waals surface area contributed by atoms with Crippen LogP contribution in [0.25, 0.3) is 0 Å². The van der Waals surface area contributed by atoms with Crippen molar-refractivity contribution in [2.24, 2.45) is 9.39 Å². The Morgan fingerprint density at radius 1 is 0.931 bits per heavy atom. The molecular weight excluding hydrogens is 408 g/mol. The standard InChI is InChI=1S/C22H19ClN2O3S/c1-14-9-11-18(12-10-14)29(27,28)25-22(17-7-5-4-6-8-17)24-19-13-15(2)21(26)20(23)16(19)3/h4-13H,1-3H3. The number of aliphatic imine (C=N–C) groups is 1. The van der Waals surface area contributed by atoms with Crippen molar-refractivity contribution in [1.29, 1.82) is 0 Å². The average molecular weight is 427 g/mol. The number of aryl methyl sites for hydroxylation is 1. The molecule has 0 N–H and O–H groups in total. The number of sulfonamides is 1. The number of carbonyl (C=O) groups is 1. The van der Waals surface area contributed by atoms with Crippen LogP contribution in [-0.2, 0) is 14.8 Å². The van der Waals surface area contributed by atoms with Crippen molar-refractivity contribution in [2.75, 3.05) is 0 Å². The minimum absolute atomic E-state index is 0.0170. The summed E-state index contributed by atoms with van der Waals surface area (Å²) >= 11 is 6.13. The van der Waals surface area contributed by atoms with E-state index in [1.54, 1.807) is 56.3 Å². The van der Waals surface area contributed by atoms with Gasteiger partial charge in [0.2, 0.25) is 0 Å². The molecule has 0 aromatic heterocycles. The monoisotopic (exact) mass is 426 g/mol. The van der Waals surface area contributed by atoms with E-state index in [0.29, 0.717) is 22.4 Å². The number of rotatable bonds is 3. The van der Waals surface area contributed by atoms with Crippen molar-refractivity contribution in [2.45, 2.75) is 25.7 Å². The Morgan fingerprint density at radius 3 is 2.17 bits per heavy atom. The first-order chi connectivity index (χ1) is 13.7. The second-order valence-corrected chi connectivity index (χ2v) is 8.64. The molecule has 0 spiro atoms. The number of nitrogens with zero attached hydrogens (tertiary/aromatic N) is 2. The summed E-state index contributed by atoms with van der Waals surface area (Å²) in [6.07, 6.45) is 1.58. The van der Waals surface area contributed by atoms with Gasteiger partial charge in [0.25, 0.3) is 10.0 Å². The Hall–Kier alpha value is -2.83. The van der Waals surface area contributed by atoms with E-state index in [1.807, 2.05) is 13.0 Å². The highest BCUT2D eigenvalue weighted by Gasteiger charge is 2.22. The summed E-state index contributed by atoms with van der Waals surface area (Å²) in [5.74, 6) is -0.253. The number of carbonyl (C=O) groups excluding carboxylic acids is 1. The van der Waals surface area contributed by atoms with Crippen molar-refractivity contribution in [3.8, 4) is 0 Å². The molecule has 0 unspecified atom stereocenters. The first kappa shape index (κ1) is 20.9. The number of allylic oxidation sites excluding steroid dienone is 4. The van der Waals surface area contributed by atoms with E-state index >= 15 is 0 Å². The van der Waals surface area contributed by atoms with Gasteiger partial charge >= 0.3 is 0 Å². The van der Waals surface area contributed by atoms with Gasteiger partial charge in [0, 0.05) is 11.1 Å². The lowest BCUT2D eigenvalue weighted by molar-refractivity contribution is -0.111. The molecule has 0 atom stereocenters. The van der Waals surface area contributed by atoms with Crippen LogP contribution in [0.3, 0.4) is 0 Å². The fraction of sp³-hybridized carbons (Fsp3) is 0.136. The fourth-order valence-electron chi connectivity index (χ4n) is 2.67. The number of hydrogen-bond donors (Lipinski definition) is 0. The molecule has 5 nitrogen and oxygen atoms in total. The lowest BCUT2D eigenvalue weighted by Crippen LogP contribution is -2.16. The third-order valence-electron chi connectivity index (χ3n) is 4.41. The van der Waals surface area contributed by atoms with Gasteiger partial charge in [0.05, 0.1) is 15.6 Å². The lowest BCUT2D eigenvalue weighted by atomic mass is 9.98. The summed E-state index contributed by atoms with van der Waals surface area (Å²) in [4.78, 5) is 16.6. The van der Waals surface area contributed by atoms with Crippen LogP contribution in [0.1, 0.15) is 25.0 Å². The molecular formula is C22H19ClN2O3S. The summed E-state index contributed by atoms with van der Waals surface area (Å²) in [6, 6.07) is 15.2. The van der Waals surface area contributed by atoms with Gasteiger partial charge in [-0.2, -0.15) is 8.42 Å². The summed E-state index contributed by atoms with van der Waals surface area (Å²) in [6.45, 7) is 5.17. The van der Waals surface area contributed by atoms with E-state index in [9.17, 15) is 13.2 Å².